The van der Waals surface area contributed by atoms with Crippen LogP contribution in [-0.4, -0.2) is 23.6 Å². The number of ketones is 1. The SMILES string of the molecule is CC(=O)Nc1cccc2c1C(=O)C(=O)N2C(C)C. The number of carbonyl (C=O) groups is 3. The van der Waals surface area contributed by atoms with Crippen LogP contribution in [0.25, 0.3) is 0 Å². The fourth-order valence-electron chi connectivity index (χ4n) is 2.11. The Balaban J connectivity index is 2.58. The highest BCUT2D eigenvalue weighted by atomic mass is 16.2. The summed E-state index contributed by atoms with van der Waals surface area (Å²) >= 11 is 0. The number of hydrogen-bond acceptors (Lipinski definition) is 3. The van der Waals surface area contributed by atoms with E-state index in [4.69, 9.17) is 0 Å². The molecule has 94 valence electrons. The molecule has 1 aromatic rings. The molecule has 1 aromatic carbocycles. The number of Topliss-reactive ketones (excluding diaryl/α,β-unsaturated/α-hetero) is 1. The highest BCUT2D eigenvalue weighted by molar-refractivity contribution is 6.53. The Kier molecular flexibility index (Phi) is 2.90. The first-order valence-electron chi connectivity index (χ1n) is 5.72. The van der Waals surface area contributed by atoms with E-state index in [0.717, 1.165) is 0 Å². The van der Waals surface area contributed by atoms with Gasteiger partial charge in [-0.2, -0.15) is 0 Å². The van der Waals surface area contributed by atoms with Gasteiger partial charge in [0.2, 0.25) is 5.91 Å². The molecule has 0 unspecified atom stereocenters. The summed E-state index contributed by atoms with van der Waals surface area (Å²) < 4.78 is 0. The van der Waals surface area contributed by atoms with E-state index >= 15 is 0 Å². The predicted octanol–water partition coefficient (Wildman–Crippen LogP) is 1.58. The van der Waals surface area contributed by atoms with Gasteiger partial charge in [-0.3, -0.25) is 14.4 Å². The van der Waals surface area contributed by atoms with Crippen molar-refractivity contribution in [2.45, 2.75) is 26.8 Å². The molecule has 0 fully saturated rings. The number of rotatable bonds is 2. The van der Waals surface area contributed by atoms with E-state index in [-0.39, 0.29) is 17.5 Å². The van der Waals surface area contributed by atoms with Gasteiger partial charge in [-0.1, -0.05) is 6.07 Å². The molecule has 18 heavy (non-hydrogen) atoms. The number of fused-ring (bicyclic) bond motifs is 1. The lowest BCUT2D eigenvalue weighted by molar-refractivity contribution is -0.115. The topological polar surface area (TPSA) is 66.5 Å². The fraction of sp³-hybridized carbons (Fsp3) is 0.308. The quantitative estimate of drug-likeness (QED) is 0.806. The molecule has 0 aliphatic carbocycles. The zero-order chi connectivity index (χ0) is 13.4. The maximum Gasteiger partial charge on any atom is 0.299 e. The Morgan fingerprint density at radius 3 is 2.50 bits per heavy atom. The fourth-order valence-corrected chi connectivity index (χ4v) is 2.11. The lowest BCUT2D eigenvalue weighted by Crippen LogP contribution is -2.35. The molecule has 5 heteroatoms. The number of nitrogens with zero attached hydrogens (tertiary/aromatic N) is 1. The van der Waals surface area contributed by atoms with Gasteiger partial charge in [-0.05, 0) is 26.0 Å². The van der Waals surface area contributed by atoms with Crippen LogP contribution in [0.1, 0.15) is 31.1 Å². The highest BCUT2D eigenvalue weighted by Crippen LogP contribution is 2.35. The number of anilines is 2. The summed E-state index contributed by atoms with van der Waals surface area (Å²) in [5, 5.41) is 2.58. The minimum Gasteiger partial charge on any atom is -0.326 e. The Hall–Kier alpha value is -2.17. The van der Waals surface area contributed by atoms with E-state index in [0.29, 0.717) is 11.4 Å². The normalized spacial score (nSPS) is 14.1. The van der Waals surface area contributed by atoms with E-state index in [2.05, 4.69) is 5.32 Å². The molecule has 1 aliphatic heterocycles. The van der Waals surface area contributed by atoms with Crippen LogP contribution in [-0.2, 0) is 9.59 Å². The Morgan fingerprint density at radius 2 is 1.94 bits per heavy atom. The van der Waals surface area contributed by atoms with Gasteiger partial charge in [0.05, 0.1) is 16.9 Å². The molecule has 0 aromatic heterocycles. The van der Waals surface area contributed by atoms with Crippen molar-refractivity contribution in [2.24, 2.45) is 0 Å². The van der Waals surface area contributed by atoms with Gasteiger partial charge in [0.25, 0.3) is 11.7 Å². The van der Waals surface area contributed by atoms with E-state index in [9.17, 15) is 14.4 Å². The monoisotopic (exact) mass is 246 g/mol. The second kappa shape index (κ2) is 4.25. The number of benzene rings is 1. The van der Waals surface area contributed by atoms with Crippen molar-refractivity contribution >= 4 is 29.0 Å². The van der Waals surface area contributed by atoms with E-state index < -0.39 is 11.7 Å². The van der Waals surface area contributed by atoms with Gasteiger partial charge in [-0.25, -0.2) is 0 Å². The third-order valence-corrected chi connectivity index (χ3v) is 2.77. The molecular formula is C13H14N2O3. The maximum atomic E-state index is 12.0. The van der Waals surface area contributed by atoms with Gasteiger partial charge < -0.3 is 10.2 Å². The van der Waals surface area contributed by atoms with Gasteiger partial charge >= 0.3 is 0 Å². The summed E-state index contributed by atoms with van der Waals surface area (Å²) in [6, 6.07) is 4.94. The molecular weight excluding hydrogens is 232 g/mol. The summed E-state index contributed by atoms with van der Waals surface area (Å²) in [7, 11) is 0. The molecule has 0 saturated heterocycles. The summed E-state index contributed by atoms with van der Waals surface area (Å²) in [4.78, 5) is 36.4. The van der Waals surface area contributed by atoms with E-state index in [1.807, 2.05) is 13.8 Å². The Labute approximate surface area is 105 Å². The van der Waals surface area contributed by atoms with Crippen LogP contribution in [0, 0.1) is 0 Å². The van der Waals surface area contributed by atoms with Crippen molar-refractivity contribution in [1.82, 2.24) is 0 Å². The van der Waals surface area contributed by atoms with Crippen molar-refractivity contribution in [2.75, 3.05) is 10.2 Å². The maximum absolute atomic E-state index is 12.0. The molecule has 1 N–H and O–H groups in total. The van der Waals surface area contributed by atoms with Crippen molar-refractivity contribution in [1.29, 1.82) is 0 Å². The second-order valence-corrected chi connectivity index (χ2v) is 4.48. The van der Waals surface area contributed by atoms with Crippen LogP contribution >= 0.6 is 0 Å². The molecule has 5 nitrogen and oxygen atoms in total. The molecule has 1 aliphatic rings. The third kappa shape index (κ3) is 1.77. The average molecular weight is 246 g/mol. The minimum absolute atomic E-state index is 0.102. The molecule has 0 spiro atoms. The first-order chi connectivity index (χ1) is 8.43. The van der Waals surface area contributed by atoms with Crippen LogP contribution in [0.5, 0.6) is 0 Å². The number of hydrogen-bond donors (Lipinski definition) is 1. The molecule has 2 amide bonds. The summed E-state index contributed by atoms with van der Waals surface area (Å²) in [6.07, 6.45) is 0. The smallest absolute Gasteiger partial charge is 0.299 e. The van der Waals surface area contributed by atoms with Crippen molar-refractivity contribution in [3.05, 3.63) is 23.8 Å². The average Bonchev–Trinajstić information content (AvgIpc) is 2.52. The molecule has 2 rings (SSSR count). The summed E-state index contributed by atoms with van der Waals surface area (Å²) in [5.41, 5.74) is 1.24. The minimum atomic E-state index is -0.567. The number of nitrogens with one attached hydrogen (secondary N) is 1. The Morgan fingerprint density at radius 1 is 1.28 bits per heavy atom. The Bertz CT molecular complexity index is 549. The van der Waals surface area contributed by atoms with Crippen LogP contribution in [0.15, 0.2) is 18.2 Å². The van der Waals surface area contributed by atoms with Gasteiger partial charge in [0.15, 0.2) is 0 Å². The standard InChI is InChI=1S/C13H14N2O3/c1-7(2)15-10-6-4-5-9(14-8(3)16)11(10)12(17)13(15)18/h4-7H,1-3H3,(H,14,16). The van der Waals surface area contributed by atoms with Crippen molar-refractivity contribution < 1.29 is 14.4 Å². The first-order valence-corrected chi connectivity index (χ1v) is 5.72. The molecule has 0 radical (unpaired) electrons. The molecule has 1 heterocycles. The van der Waals surface area contributed by atoms with Gasteiger partial charge in [-0.15, -0.1) is 0 Å². The van der Waals surface area contributed by atoms with Crippen LogP contribution in [0.2, 0.25) is 0 Å². The van der Waals surface area contributed by atoms with Gasteiger partial charge in [0.1, 0.15) is 0 Å². The van der Waals surface area contributed by atoms with Crippen LogP contribution < -0.4 is 10.2 Å². The second-order valence-electron chi connectivity index (χ2n) is 4.48. The highest BCUT2D eigenvalue weighted by Gasteiger charge is 2.39. The number of carbonyl (C=O) groups excluding carboxylic acids is 3. The van der Waals surface area contributed by atoms with E-state index in [1.165, 1.54) is 11.8 Å². The van der Waals surface area contributed by atoms with Crippen LogP contribution in [0.4, 0.5) is 11.4 Å². The zero-order valence-electron chi connectivity index (χ0n) is 10.5. The van der Waals surface area contributed by atoms with Crippen molar-refractivity contribution in [3.63, 3.8) is 0 Å². The summed E-state index contributed by atoms with van der Waals surface area (Å²) in [6.45, 7) is 5.04. The molecule has 0 atom stereocenters. The van der Waals surface area contributed by atoms with Crippen molar-refractivity contribution in [3.8, 4) is 0 Å². The largest absolute Gasteiger partial charge is 0.326 e. The van der Waals surface area contributed by atoms with E-state index in [1.54, 1.807) is 18.2 Å². The molecule has 0 saturated carbocycles. The first kappa shape index (κ1) is 12.3. The lowest BCUT2D eigenvalue weighted by Gasteiger charge is -2.20. The van der Waals surface area contributed by atoms with Crippen LogP contribution in [0.3, 0.4) is 0 Å². The third-order valence-electron chi connectivity index (χ3n) is 2.77. The molecule has 0 bridgehead atoms. The zero-order valence-corrected chi connectivity index (χ0v) is 10.5. The summed E-state index contributed by atoms with van der Waals surface area (Å²) in [5.74, 6) is -1.38. The number of amides is 2. The van der Waals surface area contributed by atoms with Gasteiger partial charge in [0, 0.05) is 13.0 Å². The predicted molar refractivity (Wildman–Crippen MR) is 67.7 cm³/mol. The lowest BCUT2D eigenvalue weighted by atomic mass is 10.1.